The van der Waals surface area contributed by atoms with Crippen LogP contribution in [0, 0.1) is 0 Å². The summed E-state index contributed by atoms with van der Waals surface area (Å²) in [6.45, 7) is 1.17. The Bertz CT molecular complexity index is 414. The number of aliphatic hydroxyl groups is 1. The first-order valence-electron chi connectivity index (χ1n) is 4.80. The third-order valence-electron chi connectivity index (χ3n) is 2.52. The van der Waals surface area contributed by atoms with Crippen LogP contribution in [0.1, 0.15) is 6.92 Å². The third kappa shape index (κ3) is 1.85. The number of hydrogen-bond acceptors (Lipinski definition) is 6. The first-order chi connectivity index (χ1) is 7.94. The number of methoxy groups -OCH3 is 3. The van der Waals surface area contributed by atoms with Crippen molar-refractivity contribution in [2.24, 2.45) is 0 Å². The molecule has 94 valence electrons. The summed E-state index contributed by atoms with van der Waals surface area (Å²) >= 11 is 0. The number of allylic oxidation sites excluding steroid dienone is 1. The van der Waals surface area contributed by atoms with Crippen LogP contribution in [-0.4, -0.2) is 43.8 Å². The summed E-state index contributed by atoms with van der Waals surface area (Å²) in [5.74, 6) is -3.65. The van der Waals surface area contributed by atoms with Crippen molar-refractivity contribution in [3.8, 4) is 0 Å². The molecule has 0 radical (unpaired) electrons. The standard InChI is InChI=1S/C11H14O6/c1-6(12)9-7(13)5-8(15-2)11(16-3,17-4)10(9)14/h5,13H,1-4H3. The van der Waals surface area contributed by atoms with E-state index in [-0.39, 0.29) is 11.3 Å². The van der Waals surface area contributed by atoms with E-state index in [9.17, 15) is 14.7 Å². The lowest BCUT2D eigenvalue weighted by molar-refractivity contribution is -0.200. The van der Waals surface area contributed by atoms with Gasteiger partial charge in [-0.3, -0.25) is 9.59 Å². The Labute approximate surface area is 98.5 Å². The van der Waals surface area contributed by atoms with E-state index in [1.54, 1.807) is 0 Å². The van der Waals surface area contributed by atoms with Crippen LogP contribution < -0.4 is 0 Å². The molecule has 1 aliphatic carbocycles. The molecule has 0 bridgehead atoms. The Hall–Kier alpha value is -1.66. The van der Waals surface area contributed by atoms with Gasteiger partial charge < -0.3 is 19.3 Å². The van der Waals surface area contributed by atoms with Crippen molar-refractivity contribution >= 4 is 11.6 Å². The average Bonchev–Trinajstić information content (AvgIpc) is 2.28. The minimum absolute atomic E-state index is 0.0185. The number of rotatable bonds is 4. The van der Waals surface area contributed by atoms with Gasteiger partial charge in [0.1, 0.15) is 11.3 Å². The lowest BCUT2D eigenvalue weighted by atomic mass is 9.92. The monoisotopic (exact) mass is 242 g/mol. The molecule has 0 saturated carbocycles. The molecule has 1 rings (SSSR count). The highest BCUT2D eigenvalue weighted by molar-refractivity contribution is 6.24. The molecule has 0 aliphatic heterocycles. The summed E-state index contributed by atoms with van der Waals surface area (Å²) in [6.07, 6.45) is 1.13. The van der Waals surface area contributed by atoms with Gasteiger partial charge in [-0.1, -0.05) is 0 Å². The van der Waals surface area contributed by atoms with E-state index in [0.717, 1.165) is 6.08 Å². The van der Waals surface area contributed by atoms with Crippen LogP contribution in [0.2, 0.25) is 0 Å². The topological polar surface area (TPSA) is 82.1 Å². The van der Waals surface area contributed by atoms with Gasteiger partial charge in [-0.25, -0.2) is 0 Å². The van der Waals surface area contributed by atoms with Gasteiger partial charge in [-0.15, -0.1) is 0 Å². The normalized spacial score (nSPS) is 19.1. The molecule has 6 heteroatoms. The second-order valence-electron chi connectivity index (χ2n) is 3.38. The van der Waals surface area contributed by atoms with Crippen molar-refractivity contribution in [3.05, 3.63) is 23.2 Å². The number of Topliss-reactive ketones (excluding diaryl/α,β-unsaturated/α-hetero) is 2. The zero-order valence-corrected chi connectivity index (χ0v) is 10.1. The van der Waals surface area contributed by atoms with Gasteiger partial charge in [0.05, 0.1) is 7.11 Å². The fraction of sp³-hybridized carbons (Fsp3) is 0.455. The Morgan fingerprint density at radius 1 is 1.29 bits per heavy atom. The van der Waals surface area contributed by atoms with E-state index in [0.29, 0.717) is 0 Å². The quantitative estimate of drug-likeness (QED) is 0.570. The van der Waals surface area contributed by atoms with Crippen LogP contribution in [0.3, 0.4) is 0 Å². The largest absolute Gasteiger partial charge is 0.507 e. The summed E-state index contributed by atoms with van der Waals surface area (Å²) in [5, 5.41) is 9.61. The average molecular weight is 242 g/mol. The molecule has 0 aromatic rings. The molecule has 0 spiro atoms. The van der Waals surface area contributed by atoms with E-state index < -0.39 is 23.1 Å². The fourth-order valence-corrected chi connectivity index (χ4v) is 1.69. The third-order valence-corrected chi connectivity index (χ3v) is 2.52. The number of ketones is 2. The van der Waals surface area contributed by atoms with Gasteiger partial charge in [0.15, 0.2) is 11.5 Å². The van der Waals surface area contributed by atoms with Crippen molar-refractivity contribution in [1.29, 1.82) is 0 Å². The molecule has 1 aliphatic rings. The number of aliphatic hydroxyl groups excluding tert-OH is 1. The molecule has 0 unspecified atom stereocenters. The van der Waals surface area contributed by atoms with Crippen molar-refractivity contribution in [2.45, 2.75) is 12.7 Å². The number of carbonyl (C=O) groups is 2. The Balaban J connectivity index is 3.45. The predicted octanol–water partition coefficient (Wildman–Crippen LogP) is 0.490. The van der Waals surface area contributed by atoms with E-state index in [2.05, 4.69) is 0 Å². The minimum atomic E-state index is -1.82. The molecule has 0 fully saturated rings. The molecule has 0 aromatic heterocycles. The van der Waals surface area contributed by atoms with Gasteiger partial charge in [0.25, 0.3) is 5.79 Å². The van der Waals surface area contributed by atoms with Crippen LogP contribution in [0.25, 0.3) is 0 Å². The Kier molecular flexibility index (Phi) is 3.69. The van der Waals surface area contributed by atoms with Crippen LogP contribution in [-0.2, 0) is 23.8 Å². The summed E-state index contributed by atoms with van der Waals surface area (Å²) < 4.78 is 15.0. The molecule has 0 atom stereocenters. The van der Waals surface area contributed by atoms with E-state index in [1.807, 2.05) is 0 Å². The lowest BCUT2D eigenvalue weighted by Crippen LogP contribution is -2.49. The maximum atomic E-state index is 12.1. The maximum absolute atomic E-state index is 12.1. The number of hydrogen-bond donors (Lipinski definition) is 1. The zero-order chi connectivity index (χ0) is 13.2. The van der Waals surface area contributed by atoms with E-state index in [1.165, 1.54) is 28.3 Å². The lowest BCUT2D eigenvalue weighted by Gasteiger charge is -2.33. The summed E-state index contributed by atoms with van der Waals surface area (Å²) in [4.78, 5) is 23.4. The summed E-state index contributed by atoms with van der Waals surface area (Å²) in [5.41, 5.74) is -0.366. The maximum Gasteiger partial charge on any atom is 0.293 e. The highest BCUT2D eigenvalue weighted by Gasteiger charge is 2.50. The minimum Gasteiger partial charge on any atom is -0.507 e. The van der Waals surface area contributed by atoms with Crippen LogP contribution >= 0.6 is 0 Å². The number of carbonyl (C=O) groups excluding carboxylic acids is 2. The molecule has 0 heterocycles. The highest BCUT2D eigenvalue weighted by Crippen LogP contribution is 2.33. The molecular weight excluding hydrogens is 228 g/mol. The molecule has 0 aromatic carbocycles. The molecule has 0 amide bonds. The molecule has 0 saturated heterocycles. The fourth-order valence-electron chi connectivity index (χ4n) is 1.69. The zero-order valence-electron chi connectivity index (χ0n) is 10.1. The molecule has 1 N–H and O–H groups in total. The van der Waals surface area contributed by atoms with Gasteiger partial charge in [0.2, 0.25) is 5.78 Å². The Morgan fingerprint density at radius 2 is 1.82 bits per heavy atom. The summed E-state index contributed by atoms with van der Waals surface area (Å²) in [6, 6.07) is 0. The smallest absolute Gasteiger partial charge is 0.293 e. The van der Waals surface area contributed by atoms with Crippen molar-refractivity contribution in [1.82, 2.24) is 0 Å². The van der Waals surface area contributed by atoms with Gasteiger partial charge in [0, 0.05) is 20.3 Å². The van der Waals surface area contributed by atoms with E-state index >= 15 is 0 Å². The van der Waals surface area contributed by atoms with Gasteiger partial charge in [-0.05, 0) is 6.92 Å². The summed E-state index contributed by atoms with van der Waals surface area (Å²) in [7, 11) is 3.79. The molecule has 6 nitrogen and oxygen atoms in total. The molecular formula is C11H14O6. The first-order valence-corrected chi connectivity index (χ1v) is 4.80. The molecule has 17 heavy (non-hydrogen) atoms. The van der Waals surface area contributed by atoms with Crippen molar-refractivity contribution in [2.75, 3.05) is 21.3 Å². The van der Waals surface area contributed by atoms with Gasteiger partial charge >= 0.3 is 0 Å². The van der Waals surface area contributed by atoms with Crippen molar-refractivity contribution in [3.63, 3.8) is 0 Å². The SMILES string of the molecule is COC1=CC(O)=C(C(C)=O)C(=O)C1(OC)OC. The van der Waals surface area contributed by atoms with E-state index in [4.69, 9.17) is 14.2 Å². The van der Waals surface area contributed by atoms with Crippen LogP contribution in [0.4, 0.5) is 0 Å². The second kappa shape index (κ2) is 4.68. The van der Waals surface area contributed by atoms with Crippen LogP contribution in [0.5, 0.6) is 0 Å². The number of ether oxygens (including phenoxy) is 3. The predicted molar refractivity (Wildman–Crippen MR) is 57.2 cm³/mol. The van der Waals surface area contributed by atoms with Crippen molar-refractivity contribution < 1.29 is 28.9 Å². The van der Waals surface area contributed by atoms with Crippen LogP contribution in [0.15, 0.2) is 23.2 Å². The van der Waals surface area contributed by atoms with Gasteiger partial charge in [-0.2, -0.15) is 0 Å². The highest BCUT2D eigenvalue weighted by atomic mass is 16.7. The first kappa shape index (κ1) is 13.4. The second-order valence-corrected chi connectivity index (χ2v) is 3.38. The Morgan fingerprint density at radius 3 is 2.18 bits per heavy atom.